The van der Waals surface area contributed by atoms with E-state index in [9.17, 15) is 4.79 Å². The van der Waals surface area contributed by atoms with Crippen LogP contribution in [0, 0.1) is 17.3 Å². The Morgan fingerprint density at radius 3 is 2.82 bits per heavy atom. The van der Waals surface area contributed by atoms with Gasteiger partial charge >= 0.3 is 0 Å². The molecule has 17 heavy (non-hydrogen) atoms. The Morgan fingerprint density at radius 2 is 2.29 bits per heavy atom. The molecule has 2 unspecified atom stereocenters. The van der Waals surface area contributed by atoms with Crippen molar-refractivity contribution in [1.29, 1.82) is 0 Å². The van der Waals surface area contributed by atoms with E-state index in [0.29, 0.717) is 5.92 Å². The fourth-order valence-corrected chi connectivity index (χ4v) is 2.90. The van der Waals surface area contributed by atoms with E-state index < -0.39 is 0 Å². The van der Waals surface area contributed by atoms with Crippen LogP contribution in [0.15, 0.2) is 0 Å². The summed E-state index contributed by atoms with van der Waals surface area (Å²) in [6.45, 7) is 7.18. The Morgan fingerprint density at radius 1 is 1.53 bits per heavy atom. The highest BCUT2D eigenvalue weighted by atomic mass is 16.2. The maximum absolute atomic E-state index is 12.3. The van der Waals surface area contributed by atoms with Crippen molar-refractivity contribution in [3.05, 3.63) is 0 Å². The Balaban J connectivity index is 1.83. The van der Waals surface area contributed by atoms with Crippen LogP contribution >= 0.6 is 0 Å². The smallest absolute Gasteiger partial charge is 0.227 e. The molecule has 0 aromatic carbocycles. The van der Waals surface area contributed by atoms with Crippen LogP contribution in [0.1, 0.15) is 46.0 Å². The van der Waals surface area contributed by atoms with E-state index in [4.69, 9.17) is 0 Å². The minimum Gasteiger partial charge on any atom is -0.355 e. The van der Waals surface area contributed by atoms with Gasteiger partial charge in [0.1, 0.15) is 0 Å². The minimum atomic E-state index is -0.137. The van der Waals surface area contributed by atoms with Gasteiger partial charge < -0.3 is 10.6 Å². The maximum atomic E-state index is 12.3. The molecule has 2 fully saturated rings. The molecule has 1 aliphatic heterocycles. The molecule has 2 atom stereocenters. The Labute approximate surface area is 105 Å². The fraction of sp³-hybridized carbons (Fsp3) is 0.929. The summed E-state index contributed by atoms with van der Waals surface area (Å²) in [4.78, 5) is 12.3. The number of piperidine rings is 1. The molecule has 98 valence electrons. The second kappa shape index (κ2) is 5.38. The van der Waals surface area contributed by atoms with E-state index in [1.165, 1.54) is 12.8 Å². The second-order valence-electron chi connectivity index (χ2n) is 5.94. The predicted octanol–water partition coefficient (Wildman–Crippen LogP) is 1.93. The van der Waals surface area contributed by atoms with Gasteiger partial charge in [-0.05, 0) is 50.5 Å². The van der Waals surface area contributed by atoms with Gasteiger partial charge in [-0.3, -0.25) is 4.79 Å². The highest BCUT2D eigenvalue weighted by Gasteiger charge is 2.38. The Bertz CT molecular complexity index is 267. The van der Waals surface area contributed by atoms with E-state index >= 15 is 0 Å². The molecule has 0 aromatic rings. The first-order chi connectivity index (χ1) is 8.18. The van der Waals surface area contributed by atoms with Crippen molar-refractivity contribution in [3.63, 3.8) is 0 Å². The number of carbonyl (C=O) groups excluding carboxylic acids is 1. The molecule has 2 rings (SSSR count). The summed E-state index contributed by atoms with van der Waals surface area (Å²) in [6.07, 6.45) is 5.83. The summed E-state index contributed by atoms with van der Waals surface area (Å²) in [7, 11) is 0. The Hall–Kier alpha value is -0.570. The van der Waals surface area contributed by atoms with Crippen LogP contribution in [0.3, 0.4) is 0 Å². The number of nitrogens with one attached hydrogen (secondary N) is 2. The van der Waals surface area contributed by atoms with Crippen molar-refractivity contribution in [2.24, 2.45) is 17.3 Å². The third-order valence-electron chi connectivity index (χ3n) is 4.64. The molecular weight excluding hydrogens is 212 g/mol. The third-order valence-corrected chi connectivity index (χ3v) is 4.64. The van der Waals surface area contributed by atoms with Crippen LogP contribution in [-0.2, 0) is 4.79 Å². The van der Waals surface area contributed by atoms with Crippen LogP contribution in [0.4, 0.5) is 0 Å². The molecule has 2 aliphatic rings. The van der Waals surface area contributed by atoms with Gasteiger partial charge in [-0.1, -0.05) is 13.8 Å². The third kappa shape index (κ3) is 3.01. The zero-order valence-electron chi connectivity index (χ0n) is 11.2. The summed E-state index contributed by atoms with van der Waals surface area (Å²) in [5.74, 6) is 1.81. The van der Waals surface area contributed by atoms with Crippen LogP contribution in [-0.4, -0.2) is 25.5 Å². The number of carbonyl (C=O) groups is 1. The number of hydrogen-bond donors (Lipinski definition) is 2. The summed E-state index contributed by atoms with van der Waals surface area (Å²) in [5.41, 5.74) is -0.137. The number of rotatable bonds is 5. The van der Waals surface area contributed by atoms with Crippen LogP contribution in [0.5, 0.6) is 0 Å². The monoisotopic (exact) mass is 238 g/mol. The molecule has 2 N–H and O–H groups in total. The van der Waals surface area contributed by atoms with E-state index in [1.54, 1.807) is 0 Å². The van der Waals surface area contributed by atoms with Gasteiger partial charge in [-0.2, -0.15) is 0 Å². The molecule has 0 spiro atoms. The summed E-state index contributed by atoms with van der Waals surface area (Å²) in [6, 6.07) is 0. The molecule has 3 heteroatoms. The fourth-order valence-electron chi connectivity index (χ4n) is 2.90. The van der Waals surface area contributed by atoms with Crippen LogP contribution < -0.4 is 10.6 Å². The van der Waals surface area contributed by atoms with Crippen molar-refractivity contribution in [1.82, 2.24) is 10.6 Å². The maximum Gasteiger partial charge on any atom is 0.227 e. The predicted molar refractivity (Wildman–Crippen MR) is 69.7 cm³/mol. The average Bonchev–Trinajstić information content (AvgIpc) is 3.20. The molecule has 1 saturated carbocycles. The van der Waals surface area contributed by atoms with E-state index in [0.717, 1.165) is 44.8 Å². The van der Waals surface area contributed by atoms with Crippen molar-refractivity contribution in [2.45, 2.75) is 46.0 Å². The molecule has 0 aromatic heterocycles. The lowest BCUT2D eigenvalue weighted by Crippen LogP contribution is -2.50. The standard InChI is InChI=1S/C14H26N2O/c1-3-14(7-4-8-15-10-14)13(17)16-9-11(2)12-5-6-12/h11-12,15H,3-10H2,1-2H3,(H,16,17). The molecule has 1 heterocycles. The van der Waals surface area contributed by atoms with Crippen molar-refractivity contribution in [3.8, 4) is 0 Å². The zero-order valence-corrected chi connectivity index (χ0v) is 11.2. The molecular formula is C14H26N2O. The van der Waals surface area contributed by atoms with Gasteiger partial charge in [0, 0.05) is 13.1 Å². The number of hydrogen-bond acceptors (Lipinski definition) is 2. The van der Waals surface area contributed by atoms with E-state index in [-0.39, 0.29) is 11.3 Å². The van der Waals surface area contributed by atoms with Gasteiger partial charge in [0.2, 0.25) is 5.91 Å². The first-order valence-electron chi connectivity index (χ1n) is 7.17. The van der Waals surface area contributed by atoms with Gasteiger partial charge in [0.05, 0.1) is 5.41 Å². The van der Waals surface area contributed by atoms with Crippen LogP contribution in [0.25, 0.3) is 0 Å². The molecule has 1 saturated heterocycles. The highest BCUT2D eigenvalue weighted by Crippen LogP contribution is 2.36. The number of amides is 1. The van der Waals surface area contributed by atoms with Crippen molar-refractivity contribution in [2.75, 3.05) is 19.6 Å². The average molecular weight is 238 g/mol. The Kier molecular flexibility index (Phi) is 4.08. The molecule has 0 radical (unpaired) electrons. The lowest BCUT2D eigenvalue weighted by atomic mass is 9.77. The van der Waals surface area contributed by atoms with Gasteiger partial charge in [-0.25, -0.2) is 0 Å². The van der Waals surface area contributed by atoms with E-state index in [1.807, 2.05) is 0 Å². The highest BCUT2D eigenvalue weighted by molar-refractivity contribution is 5.83. The lowest BCUT2D eigenvalue weighted by Gasteiger charge is -2.35. The topological polar surface area (TPSA) is 41.1 Å². The zero-order chi connectivity index (χ0) is 12.3. The quantitative estimate of drug-likeness (QED) is 0.768. The van der Waals surface area contributed by atoms with Gasteiger partial charge in [-0.15, -0.1) is 0 Å². The SMILES string of the molecule is CCC1(C(=O)NCC(C)C2CC2)CCCNC1. The molecule has 3 nitrogen and oxygen atoms in total. The molecule has 0 bridgehead atoms. The van der Waals surface area contributed by atoms with Crippen LogP contribution in [0.2, 0.25) is 0 Å². The van der Waals surface area contributed by atoms with E-state index in [2.05, 4.69) is 24.5 Å². The van der Waals surface area contributed by atoms with Crippen molar-refractivity contribution < 1.29 is 4.79 Å². The first-order valence-corrected chi connectivity index (χ1v) is 7.17. The minimum absolute atomic E-state index is 0.137. The summed E-state index contributed by atoms with van der Waals surface area (Å²) in [5, 5.41) is 6.56. The summed E-state index contributed by atoms with van der Waals surface area (Å²) < 4.78 is 0. The van der Waals surface area contributed by atoms with Crippen molar-refractivity contribution >= 4 is 5.91 Å². The molecule has 1 amide bonds. The van der Waals surface area contributed by atoms with Gasteiger partial charge in [0.15, 0.2) is 0 Å². The first kappa shape index (κ1) is 12.9. The summed E-state index contributed by atoms with van der Waals surface area (Å²) >= 11 is 0. The lowest BCUT2D eigenvalue weighted by molar-refractivity contribution is -0.132. The normalized spacial score (nSPS) is 30.9. The molecule has 1 aliphatic carbocycles. The second-order valence-corrected chi connectivity index (χ2v) is 5.94. The largest absolute Gasteiger partial charge is 0.355 e. The van der Waals surface area contributed by atoms with Gasteiger partial charge in [0.25, 0.3) is 0 Å².